The number of likely N-dealkylation sites (tertiary alicyclic amines) is 1. The van der Waals surface area contributed by atoms with E-state index in [9.17, 15) is 14.4 Å². The van der Waals surface area contributed by atoms with Gasteiger partial charge in [-0.25, -0.2) is 0 Å². The Bertz CT molecular complexity index is 636. The van der Waals surface area contributed by atoms with Crippen molar-refractivity contribution in [3.63, 3.8) is 0 Å². The predicted octanol–water partition coefficient (Wildman–Crippen LogP) is 1.60. The summed E-state index contributed by atoms with van der Waals surface area (Å²) in [5, 5.41) is 11.8. The molecule has 1 aliphatic heterocycles. The number of hydrogen-bond acceptors (Lipinski definition) is 3. The Kier molecular flexibility index (Phi) is 5.59. The molecular formula is C18H24N2O4. The molecule has 0 aliphatic carbocycles. The summed E-state index contributed by atoms with van der Waals surface area (Å²) >= 11 is 0. The van der Waals surface area contributed by atoms with Crippen LogP contribution >= 0.6 is 0 Å². The van der Waals surface area contributed by atoms with Crippen LogP contribution in [0.25, 0.3) is 0 Å². The fourth-order valence-corrected chi connectivity index (χ4v) is 3.21. The zero-order chi connectivity index (χ0) is 17.9. The van der Waals surface area contributed by atoms with Crippen LogP contribution in [0.1, 0.15) is 34.8 Å². The smallest absolute Gasteiger partial charge is 0.308 e. The van der Waals surface area contributed by atoms with E-state index in [1.807, 2.05) is 26.8 Å². The molecular weight excluding hydrogens is 308 g/mol. The Labute approximate surface area is 141 Å². The maximum Gasteiger partial charge on any atom is 0.308 e. The molecule has 2 atom stereocenters. The summed E-state index contributed by atoms with van der Waals surface area (Å²) < 4.78 is 0. The summed E-state index contributed by atoms with van der Waals surface area (Å²) in [5.74, 6) is -1.81. The van der Waals surface area contributed by atoms with Gasteiger partial charge in [0, 0.05) is 18.7 Å². The number of aliphatic carboxylic acids is 1. The van der Waals surface area contributed by atoms with Gasteiger partial charge in [0.05, 0.1) is 12.5 Å². The van der Waals surface area contributed by atoms with Gasteiger partial charge in [-0.3, -0.25) is 14.4 Å². The normalized spacial score (nSPS) is 20.5. The lowest BCUT2D eigenvalue weighted by Gasteiger charge is -2.34. The van der Waals surface area contributed by atoms with Gasteiger partial charge >= 0.3 is 5.97 Å². The summed E-state index contributed by atoms with van der Waals surface area (Å²) in [7, 11) is 0. The quantitative estimate of drug-likeness (QED) is 0.877. The van der Waals surface area contributed by atoms with Gasteiger partial charge in [-0.1, -0.05) is 24.1 Å². The number of carbonyl (C=O) groups is 3. The van der Waals surface area contributed by atoms with Crippen LogP contribution in [0.5, 0.6) is 0 Å². The number of amides is 2. The maximum atomic E-state index is 12.3. The molecule has 0 saturated carbocycles. The molecule has 0 radical (unpaired) electrons. The minimum atomic E-state index is -0.876. The van der Waals surface area contributed by atoms with Crippen LogP contribution in [-0.4, -0.2) is 47.4 Å². The number of nitrogens with one attached hydrogen (secondary N) is 1. The SMILES string of the molecule is Cc1cc(C)cc(C(=O)NCC(=O)N2CC(C)CC(C(=O)O)C2)c1. The molecule has 1 fully saturated rings. The van der Waals surface area contributed by atoms with E-state index in [2.05, 4.69) is 5.32 Å². The highest BCUT2D eigenvalue weighted by molar-refractivity contribution is 5.96. The highest BCUT2D eigenvalue weighted by atomic mass is 16.4. The standard InChI is InChI=1S/C18H24N2O4/c1-11-4-12(2)6-14(5-11)17(22)19-8-16(21)20-9-13(3)7-15(10-20)18(23)24/h4-6,13,15H,7-10H2,1-3H3,(H,19,22)(H,23,24). The number of rotatable bonds is 4. The third-order valence-corrected chi connectivity index (χ3v) is 4.25. The minimum Gasteiger partial charge on any atom is -0.481 e. The zero-order valence-electron chi connectivity index (χ0n) is 14.3. The maximum absolute atomic E-state index is 12.3. The number of carbonyl (C=O) groups excluding carboxylic acids is 2. The van der Waals surface area contributed by atoms with Crippen molar-refractivity contribution < 1.29 is 19.5 Å². The van der Waals surface area contributed by atoms with Crippen molar-refractivity contribution >= 4 is 17.8 Å². The van der Waals surface area contributed by atoms with Gasteiger partial charge in [-0.15, -0.1) is 0 Å². The van der Waals surface area contributed by atoms with Crippen molar-refractivity contribution in [3.8, 4) is 0 Å². The largest absolute Gasteiger partial charge is 0.481 e. The Morgan fingerprint density at radius 1 is 1.17 bits per heavy atom. The van der Waals surface area contributed by atoms with E-state index in [1.54, 1.807) is 12.1 Å². The molecule has 2 amide bonds. The lowest BCUT2D eigenvalue weighted by Crippen LogP contribution is -2.48. The van der Waals surface area contributed by atoms with Crippen LogP contribution in [0.2, 0.25) is 0 Å². The Hall–Kier alpha value is -2.37. The molecule has 0 aromatic heterocycles. The third-order valence-electron chi connectivity index (χ3n) is 4.25. The molecule has 1 aromatic carbocycles. The van der Waals surface area contributed by atoms with Crippen molar-refractivity contribution in [1.29, 1.82) is 0 Å². The van der Waals surface area contributed by atoms with Gasteiger partial charge < -0.3 is 15.3 Å². The van der Waals surface area contributed by atoms with E-state index in [4.69, 9.17) is 5.11 Å². The molecule has 1 aliphatic rings. The number of carboxylic acid groups (broad SMARTS) is 1. The molecule has 1 aromatic rings. The highest BCUT2D eigenvalue weighted by Gasteiger charge is 2.31. The first-order valence-corrected chi connectivity index (χ1v) is 8.13. The van der Waals surface area contributed by atoms with Crippen LogP contribution in [-0.2, 0) is 9.59 Å². The van der Waals surface area contributed by atoms with Gasteiger partial charge in [0.2, 0.25) is 5.91 Å². The van der Waals surface area contributed by atoms with Crippen LogP contribution in [0.15, 0.2) is 18.2 Å². The number of carboxylic acids is 1. The van der Waals surface area contributed by atoms with Gasteiger partial charge in [0.15, 0.2) is 0 Å². The average Bonchev–Trinajstić information content (AvgIpc) is 2.50. The van der Waals surface area contributed by atoms with Gasteiger partial charge in [-0.05, 0) is 38.3 Å². The second kappa shape index (κ2) is 7.47. The molecule has 6 heteroatoms. The summed E-state index contributed by atoms with van der Waals surface area (Å²) in [6.07, 6.45) is 0.577. The number of benzene rings is 1. The predicted molar refractivity (Wildman–Crippen MR) is 89.7 cm³/mol. The Balaban J connectivity index is 1.94. The fraction of sp³-hybridized carbons (Fsp3) is 0.500. The molecule has 1 heterocycles. The fourth-order valence-electron chi connectivity index (χ4n) is 3.21. The van der Waals surface area contributed by atoms with E-state index in [0.29, 0.717) is 18.5 Å². The van der Waals surface area contributed by atoms with E-state index in [-0.39, 0.29) is 30.8 Å². The molecule has 24 heavy (non-hydrogen) atoms. The third kappa shape index (κ3) is 4.57. The first-order chi connectivity index (χ1) is 11.3. The summed E-state index contributed by atoms with van der Waals surface area (Å²) in [4.78, 5) is 37.2. The second-order valence-corrected chi connectivity index (χ2v) is 6.73. The highest BCUT2D eigenvalue weighted by Crippen LogP contribution is 2.21. The van der Waals surface area contributed by atoms with Gasteiger partial charge in [0.25, 0.3) is 5.91 Å². The van der Waals surface area contributed by atoms with E-state index >= 15 is 0 Å². The van der Waals surface area contributed by atoms with Crippen LogP contribution in [0.3, 0.4) is 0 Å². The Morgan fingerprint density at radius 2 is 1.79 bits per heavy atom. The molecule has 1 saturated heterocycles. The van der Waals surface area contributed by atoms with Gasteiger partial charge in [-0.2, -0.15) is 0 Å². The summed E-state index contributed by atoms with van der Waals surface area (Å²) in [5.41, 5.74) is 2.50. The molecule has 2 rings (SSSR count). The molecule has 130 valence electrons. The van der Waals surface area contributed by atoms with Crippen molar-refractivity contribution in [2.24, 2.45) is 11.8 Å². The van der Waals surface area contributed by atoms with Crippen molar-refractivity contribution in [2.75, 3.05) is 19.6 Å². The summed E-state index contributed by atoms with van der Waals surface area (Å²) in [6.45, 7) is 6.38. The zero-order valence-corrected chi connectivity index (χ0v) is 14.3. The molecule has 2 N–H and O–H groups in total. The number of aryl methyl sites for hydroxylation is 2. The van der Waals surface area contributed by atoms with E-state index in [0.717, 1.165) is 11.1 Å². The molecule has 0 bridgehead atoms. The monoisotopic (exact) mass is 332 g/mol. The number of nitrogens with zero attached hydrogens (tertiary/aromatic N) is 1. The van der Waals surface area contributed by atoms with Gasteiger partial charge in [0.1, 0.15) is 0 Å². The average molecular weight is 332 g/mol. The molecule has 0 spiro atoms. The van der Waals surface area contributed by atoms with Crippen LogP contribution in [0, 0.1) is 25.7 Å². The lowest BCUT2D eigenvalue weighted by atomic mass is 9.90. The van der Waals surface area contributed by atoms with Crippen molar-refractivity contribution in [1.82, 2.24) is 10.2 Å². The van der Waals surface area contributed by atoms with E-state index in [1.165, 1.54) is 4.90 Å². The van der Waals surface area contributed by atoms with Crippen molar-refractivity contribution in [2.45, 2.75) is 27.2 Å². The number of piperidine rings is 1. The Morgan fingerprint density at radius 3 is 2.38 bits per heavy atom. The molecule has 2 unspecified atom stereocenters. The lowest BCUT2D eigenvalue weighted by molar-refractivity contribution is -0.146. The summed E-state index contributed by atoms with van der Waals surface area (Å²) in [6, 6.07) is 5.52. The van der Waals surface area contributed by atoms with Crippen LogP contribution in [0.4, 0.5) is 0 Å². The van der Waals surface area contributed by atoms with E-state index < -0.39 is 11.9 Å². The minimum absolute atomic E-state index is 0.120. The topological polar surface area (TPSA) is 86.7 Å². The molecule has 6 nitrogen and oxygen atoms in total. The van der Waals surface area contributed by atoms with Crippen molar-refractivity contribution in [3.05, 3.63) is 34.9 Å². The van der Waals surface area contributed by atoms with Crippen LogP contribution < -0.4 is 5.32 Å². The first-order valence-electron chi connectivity index (χ1n) is 8.13. The first kappa shape index (κ1) is 18.0. The second-order valence-electron chi connectivity index (χ2n) is 6.73. The number of hydrogen-bond donors (Lipinski definition) is 2.